The zero-order valence-electron chi connectivity index (χ0n) is 10.4. The predicted octanol–water partition coefficient (Wildman–Crippen LogP) is 3.18. The van der Waals surface area contributed by atoms with Crippen molar-refractivity contribution in [3.8, 4) is 0 Å². The summed E-state index contributed by atoms with van der Waals surface area (Å²) in [5.41, 5.74) is 0.516. The van der Waals surface area contributed by atoms with Crippen molar-refractivity contribution < 1.29 is 9.59 Å². The van der Waals surface area contributed by atoms with E-state index in [2.05, 4.69) is 5.32 Å². The normalized spacial score (nSPS) is 18.6. The van der Waals surface area contributed by atoms with Gasteiger partial charge in [0.05, 0.1) is 15.3 Å². The highest BCUT2D eigenvalue weighted by Crippen LogP contribution is 2.27. The molecule has 8 heteroatoms. The van der Waals surface area contributed by atoms with Gasteiger partial charge >= 0.3 is 0 Å². The van der Waals surface area contributed by atoms with Gasteiger partial charge in [-0.1, -0.05) is 47.2 Å². The number of nitrogens with zero attached hydrogens (tertiary/aromatic N) is 1. The summed E-state index contributed by atoms with van der Waals surface area (Å²) in [4.78, 5) is 25.0. The number of hydrogen-bond donors (Lipinski definition) is 1. The van der Waals surface area contributed by atoms with E-state index in [1.807, 2.05) is 0 Å². The lowest BCUT2D eigenvalue weighted by molar-refractivity contribution is -0.129. The quantitative estimate of drug-likeness (QED) is 0.852. The van der Waals surface area contributed by atoms with Crippen LogP contribution in [0.15, 0.2) is 18.2 Å². The largest absolute Gasteiger partial charge is 0.324 e. The Morgan fingerprint density at radius 2 is 2.15 bits per heavy atom. The number of carbonyl (C=O) groups excluding carboxylic acids is 2. The van der Waals surface area contributed by atoms with Gasteiger partial charge in [-0.15, -0.1) is 0 Å². The fraction of sp³-hybridized carbons (Fsp3) is 0.250. The molecule has 1 saturated heterocycles. The lowest BCUT2D eigenvalue weighted by Gasteiger charge is -2.15. The van der Waals surface area contributed by atoms with Crippen molar-refractivity contribution in [1.29, 1.82) is 0 Å². The highest BCUT2D eigenvalue weighted by atomic mass is 35.5. The molecule has 1 unspecified atom stereocenters. The fourth-order valence-corrected chi connectivity index (χ4v) is 3.33. The Hall–Kier alpha value is -0.820. The molecule has 106 valence electrons. The highest BCUT2D eigenvalue weighted by molar-refractivity contribution is 8.24. The van der Waals surface area contributed by atoms with E-state index in [9.17, 15) is 9.59 Å². The minimum Gasteiger partial charge on any atom is -0.324 e. The third-order valence-electron chi connectivity index (χ3n) is 2.62. The Bertz CT molecular complexity index is 595. The molecule has 0 aromatic heterocycles. The molecule has 1 heterocycles. The Balaban J connectivity index is 2.00. The van der Waals surface area contributed by atoms with E-state index >= 15 is 0 Å². The molecule has 0 saturated carbocycles. The number of carbonyl (C=O) groups is 2. The summed E-state index contributed by atoms with van der Waals surface area (Å²) < 4.78 is 0.423. The molecule has 1 aromatic carbocycles. The molecular formula is C12H10Cl2N2O2S2. The van der Waals surface area contributed by atoms with Crippen LogP contribution in [0.4, 0.5) is 5.69 Å². The molecule has 1 atom stereocenters. The van der Waals surface area contributed by atoms with Crippen LogP contribution in [0.2, 0.25) is 10.0 Å². The molecular weight excluding hydrogens is 339 g/mol. The van der Waals surface area contributed by atoms with E-state index < -0.39 is 0 Å². The minimum atomic E-state index is -0.339. The fourth-order valence-electron chi connectivity index (χ4n) is 1.64. The minimum absolute atomic E-state index is 0.102. The van der Waals surface area contributed by atoms with Crippen LogP contribution in [0.5, 0.6) is 0 Å². The molecule has 2 rings (SSSR count). The number of rotatable bonds is 3. The predicted molar refractivity (Wildman–Crippen MR) is 86.5 cm³/mol. The summed E-state index contributed by atoms with van der Waals surface area (Å²) >= 11 is 18.0. The van der Waals surface area contributed by atoms with Crippen LogP contribution in [-0.4, -0.2) is 32.8 Å². The standard InChI is InChI=1S/C12H10Cl2N2O2S2/c1-6-11(18)16(12(19)20-6)5-10(17)15-7-2-3-8(13)9(14)4-7/h2-4,6H,5H2,1H3,(H,15,17). The van der Waals surface area contributed by atoms with Gasteiger partial charge in [0, 0.05) is 5.69 Å². The zero-order valence-corrected chi connectivity index (χ0v) is 13.5. The number of thiocarbonyl (C=S) groups is 1. The van der Waals surface area contributed by atoms with Crippen molar-refractivity contribution >= 4 is 69.0 Å². The maximum Gasteiger partial charge on any atom is 0.244 e. The second kappa shape index (κ2) is 6.30. The van der Waals surface area contributed by atoms with Crippen LogP contribution >= 0.6 is 47.2 Å². The Kier molecular flexibility index (Phi) is 4.90. The SMILES string of the molecule is CC1SC(=S)N(CC(=O)Nc2ccc(Cl)c(Cl)c2)C1=O. The van der Waals surface area contributed by atoms with Gasteiger partial charge < -0.3 is 5.32 Å². The number of benzene rings is 1. The topological polar surface area (TPSA) is 49.4 Å². The highest BCUT2D eigenvalue weighted by Gasteiger charge is 2.34. The molecule has 0 radical (unpaired) electrons. The van der Waals surface area contributed by atoms with Crippen molar-refractivity contribution in [2.45, 2.75) is 12.2 Å². The van der Waals surface area contributed by atoms with Crippen LogP contribution in [0.1, 0.15) is 6.92 Å². The van der Waals surface area contributed by atoms with Gasteiger partial charge in [-0.25, -0.2) is 0 Å². The smallest absolute Gasteiger partial charge is 0.244 e. The number of nitrogens with one attached hydrogen (secondary N) is 1. The van der Waals surface area contributed by atoms with E-state index in [0.29, 0.717) is 20.1 Å². The molecule has 1 aliphatic heterocycles. The molecule has 1 aliphatic rings. The summed E-state index contributed by atoms with van der Waals surface area (Å²) in [5, 5.41) is 3.17. The summed E-state index contributed by atoms with van der Waals surface area (Å²) in [6.45, 7) is 1.66. The van der Waals surface area contributed by atoms with Crippen molar-refractivity contribution in [3.63, 3.8) is 0 Å². The molecule has 1 N–H and O–H groups in total. The first-order valence-electron chi connectivity index (χ1n) is 5.65. The number of hydrogen-bond acceptors (Lipinski definition) is 4. The van der Waals surface area contributed by atoms with Crippen molar-refractivity contribution in [2.75, 3.05) is 11.9 Å². The number of amides is 2. The maximum absolute atomic E-state index is 11.9. The van der Waals surface area contributed by atoms with Gasteiger partial charge in [-0.3, -0.25) is 14.5 Å². The van der Waals surface area contributed by atoms with E-state index in [-0.39, 0.29) is 23.6 Å². The molecule has 2 amide bonds. The molecule has 0 aliphatic carbocycles. The summed E-state index contributed by atoms with van der Waals surface area (Å²) in [7, 11) is 0. The number of anilines is 1. The van der Waals surface area contributed by atoms with Crippen LogP contribution in [0, 0.1) is 0 Å². The van der Waals surface area contributed by atoms with Crippen LogP contribution in [0.25, 0.3) is 0 Å². The first-order chi connectivity index (χ1) is 9.38. The average molecular weight is 349 g/mol. The maximum atomic E-state index is 11.9. The van der Waals surface area contributed by atoms with Gasteiger partial charge in [-0.2, -0.15) is 0 Å². The van der Waals surface area contributed by atoms with Crippen molar-refractivity contribution in [3.05, 3.63) is 28.2 Å². The number of thioether (sulfide) groups is 1. The lowest BCUT2D eigenvalue weighted by Crippen LogP contribution is -2.37. The second-order valence-electron chi connectivity index (χ2n) is 4.13. The summed E-state index contributed by atoms with van der Waals surface area (Å²) in [6, 6.07) is 4.76. The molecule has 1 aromatic rings. The van der Waals surface area contributed by atoms with Crippen LogP contribution in [-0.2, 0) is 9.59 Å². The van der Waals surface area contributed by atoms with E-state index in [0.717, 1.165) is 0 Å². The monoisotopic (exact) mass is 348 g/mol. The summed E-state index contributed by atoms with van der Waals surface area (Å²) in [6.07, 6.45) is 0. The van der Waals surface area contributed by atoms with Crippen molar-refractivity contribution in [2.24, 2.45) is 0 Å². The van der Waals surface area contributed by atoms with Gasteiger partial charge in [0.1, 0.15) is 10.9 Å². The first-order valence-corrected chi connectivity index (χ1v) is 7.70. The third kappa shape index (κ3) is 3.44. The molecule has 0 spiro atoms. The molecule has 1 fully saturated rings. The summed E-state index contributed by atoms with van der Waals surface area (Å²) in [5.74, 6) is -0.488. The van der Waals surface area contributed by atoms with Gasteiger partial charge in [0.15, 0.2) is 0 Å². The molecule has 4 nitrogen and oxygen atoms in total. The van der Waals surface area contributed by atoms with Crippen LogP contribution < -0.4 is 5.32 Å². The van der Waals surface area contributed by atoms with E-state index in [1.54, 1.807) is 25.1 Å². The third-order valence-corrected chi connectivity index (χ3v) is 4.84. The second-order valence-corrected chi connectivity index (χ2v) is 6.92. The Labute approximate surface area is 135 Å². The van der Waals surface area contributed by atoms with Gasteiger partial charge in [0.25, 0.3) is 0 Å². The van der Waals surface area contributed by atoms with E-state index in [1.165, 1.54) is 16.7 Å². The Morgan fingerprint density at radius 3 is 2.70 bits per heavy atom. The van der Waals surface area contributed by atoms with Gasteiger partial charge in [0.2, 0.25) is 11.8 Å². The van der Waals surface area contributed by atoms with Crippen molar-refractivity contribution in [1.82, 2.24) is 4.90 Å². The van der Waals surface area contributed by atoms with Gasteiger partial charge in [-0.05, 0) is 25.1 Å². The zero-order chi connectivity index (χ0) is 14.9. The molecule has 20 heavy (non-hydrogen) atoms. The molecule has 0 bridgehead atoms. The number of halogens is 2. The average Bonchev–Trinajstić information content (AvgIpc) is 2.61. The Morgan fingerprint density at radius 1 is 1.45 bits per heavy atom. The lowest BCUT2D eigenvalue weighted by atomic mass is 10.3. The van der Waals surface area contributed by atoms with E-state index in [4.69, 9.17) is 35.4 Å². The van der Waals surface area contributed by atoms with Crippen LogP contribution in [0.3, 0.4) is 0 Å². The first kappa shape index (κ1) is 15.6.